The summed E-state index contributed by atoms with van der Waals surface area (Å²) in [7, 11) is 1.55. The summed E-state index contributed by atoms with van der Waals surface area (Å²) in [6.45, 7) is 6.53. The third-order valence-corrected chi connectivity index (χ3v) is 4.43. The van der Waals surface area contributed by atoms with Crippen molar-refractivity contribution in [3.05, 3.63) is 23.8 Å². The number of esters is 1. The summed E-state index contributed by atoms with van der Waals surface area (Å²) in [5, 5.41) is 2.77. The second-order valence-corrected chi connectivity index (χ2v) is 6.38. The van der Waals surface area contributed by atoms with E-state index >= 15 is 0 Å². The van der Waals surface area contributed by atoms with E-state index in [0.717, 1.165) is 24.8 Å². The number of nitrogens with one attached hydrogen (secondary N) is 1. The number of carbonyl (C=O) groups excluding carboxylic acids is 2. The van der Waals surface area contributed by atoms with Crippen molar-refractivity contribution in [2.45, 2.75) is 46.1 Å². The van der Waals surface area contributed by atoms with Gasteiger partial charge in [0.15, 0.2) is 11.5 Å². The topological polar surface area (TPSA) is 86.2 Å². The van der Waals surface area contributed by atoms with Gasteiger partial charge in [-0.1, -0.05) is 25.8 Å². The van der Waals surface area contributed by atoms with Crippen LogP contribution in [-0.2, 0) is 9.53 Å². The molecule has 0 saturated carbocycles. The molecule has 1 aliphatic rings. The van der Waals surface area contributed by atoms with Gasteiger partial charge in [0.1, 0.15) is 5.92 Å². The van der Waals surface area contributed by atoms with E-state index < -0.39 is 18.0 Å². The van der Waals surface area contributed by atoms with Crippen molar-refractivity contribution in [3.63, 3.8) is 0 Å². The normalized spacial score (nSPS) is 19.1. The highest BCUT2D eigenvalue weighted by Crippen LogP contribution is 2.34. The minimum Gasteiger partial charge on any atom is -0.493 e. The lowest BCUT2D eigenvalue weighted by molar-refractivity contribution is -0.147. The molecule has 0 aliphatic carbocycles. The number of urea groups is 1. The van der Waals surface area contributed by atoms with Gasteiger partial charge in [-0.3, -0.25) is 4.79 Å². The molecule has 1 heterocycles. The molecule has 27 heavy (non-hydrogen) atoms. The third-order valence-electron chi connectivity index (χ3n) is 4.43. The highest BCUT2D eigenvalue weighted by Gasteiger charge is 2.38. The molecule has 0 fully saturated rings. The Bertz CT molecular complexity index is 702. The maximum Gasteiger partial charge on any atom is 0.341 e. The molecule has 0 saturated heterocycles. The van der Waals surface area contributed by atoms with Gasteiger partial charge in [0, 0.05) is 5.71 Å². The van der Waals surface area contributed by atoms with Crippen molar-refractivity contribution in [3.8, 4) is 11.5 Å². The second-order valence-electron chi connectivity index (χ2n) is 6.38. The van der Waals surface area contributed by atoms with Gasteiger partial charge >= 0.3 is 12.0 Å². The fraction of sp³-hybridized carbons (Fsp3) is 0.550. The molecule has 2 unspecified atom stereocenters. The molecule has 7 heteroatoms. The van der Waals surface area contributed by atoms with Crippen molar-refractivity contribution in [2.24, 2.45) is 10.9 Å². The van der Waals surface area contributed by atoms with E-state index in [0.29, 0.717) is 30.4 Å². The number of nitrogens with zero attached hydrogens (tertiary/aromatic N) is 1. The van der Waals surface area contributed by atoms with Crippen LogP contribution in [0, 0.1) is 5.92 Å². The molecule has 2 amide bonds. The SMILES string of the molecule is CCCCCOC(=O)C1C(C)=NC(=O)NC1c1ccc(OCC)c(OC)c1. The molecule has 148 valence electrons. The van der Waals surface area contributed by atoms with Crippen LogP contribution in [0.4, 0.5) is 4.79 Å². The Labute approximate surface area is 160 Å². The zero-order chi connectivity index (χ0) is 19.8. The van der Waals surface area contributed by atoms with Crippen LogP contribution in [0.2, 0.25) is 0 Å². The molecule has 1 aromatic carbocycles. The molecule has 0 spiro atoms. The quantitative estimate of drug-likeness (QED) is 0.525. The number of amides is 2. The zero-order valence-corrected chi connectivity index (χ0v) is 16.4. The first-order chi connectivity index (χ1) is 13.0. The average Bonchev–Trinajstić information content (AvgIpc) is 2.65. The summed E-state index contributed by atoms with van der Waals surface area (Å²) >= 11 is 0. The van der Waals surface area contributed by atoms with Crippen LogP contribution < -0.4 is 14.8 Å². The van der Waals surface area contributed by atoms with Gasteiger partial charge in [0.2, 0.25) is 0 Å². The number of unbranched alkanes of at least 4 members (excludes halogenated alkanes) is 2. The molecule has 0 bridgehead atoms. The van der Waals surface area contributed by atoms with E-state index in [4.69, 9.17) is 14.2 Å². The van der Waals surface area contributed by atoms with Gasteiger partial charge in [-0.15, -0.1) is 0 Å². The predicted octanol–water partition coefficient (Wildman–Crippen LogP) is 3.67. The lowest BCUT2D eigenvalue weighted by Crippen LogP contribution is -2.44. The smallest absolute Gasteiger partial charge is 0.341 e. The van der Waals surface area contributed by atoms with Crippen LogP contribution in [0.3, 0.4) is 0 Å². The maximum absolute atomic E-state index is 12.7. The molecule has 1 N–H and O–H groups in total. The van der Waals surface area contributed by atoms with Crippen molar-refractivity contribution in [2.75, 3.05) is 20.3 Å². The summed E-state index contributed by atoms with van der Waals surface area (Å²) in [5.74, 6) is 0.0889. The number of methoxy groups -OCH3 is 1. The number of hydrogen-bond acceptors (Lipinski definition) is 5. The number of benzene rings is 1. The minimum absolute atomic E-state index is 0.365. The van der Waals surface area contributed by atoms with Gasteiger partial charge in [0.05, 0.1) is 26.4 Å². The van der Waals surface area contributed by atoms with Gasteiger partial charge in [-0.2, -0.15) is 0 Å². The largest absolute Gasteiger partial charge is 0.493 e. The van der Waals surface area contributed by atoms with E-state index in [1.807, 2.05) is 13.0 Å². The van der Waals surface area contributed by atoms with Gasteiger partial charge in [0.25, 0.3) is 0 Å². The fourth-order valence-corrected chi connectivity index (χ4v) is 3.07. The molecule has 7 nitrogen and oxygen atoms in total. The first kappa shape index (κ1) is 20.7. The van der Waals surface area contributed by atoms with Crippen LogP contribution in [0.25, 0.3) is 0 Å². The predicted molar refractivity (Wildman–Crippen MR) is 103 cm³/mol. The minimum atomic E-state index is -0.674. The fourth-order valence-electron chi connectivity index (χ4n) is 3.07. The van der Waals surface area contributed by atoms with Crippen LogP contribution in [0.15, 0.2) is 23.2 Å². The second kappa shape index (κ2) is 9.94. The lowest BCUT2D eigenvalue weighted by Gasteiger charge is -2.30. The van der Waals surface area contributed by atoms with Gasteiger partial charge in [-0.05, 0) is 38.0 Å². The summed E-state index contributed by atoms with van der Waals surface area (Å²) in [6.07, 6.45) is 2.87. The first-order valence-electron chi connectivity index (χ1n) is 9.34. The molecule has 1 aliphatic heterocycles. The summed E-state index contributed by atoms with van der Waals surface area (Å²) in [4.78, 5) is 28.5. The first-order valence-corrected chi connectivity index (χ1v) is 9.34. The third kappa shape index (κ3) is 5.21. The van der Waals surface area contributed by atoms with E-state index in [-0.39, 0.29) is 5.97 Å². The summed E-state index contributed by atoms with van der Waals surface area (Å²) in [6, 6.07) is 4.31. The van der Waals surface area contributed by atoms with Crippen LogP contribution in [-0.4, -0.2) is 38.0 Å². The van der Waals surface area contributed by atoms with E-state index in [9.17, 15) is 9.59 Å². The van der Waals surface area contributed by atoms with E-state index in [1.165, 1.54) is 0 Å². The average molecular weight is 376 g/mol. The standard InChI is InChI=1S/C20H28N2O5/c1-5-7-8-11-27-19(23)17-13(3)21-20(24)22-18(17)14-9-10-15(26-6-2)16(12-14)25-4/h9-10,12,17-18H,5-8,11H2,1-4H3,(H,22,24). The van der Waals surface area contributed by atoms with Gasteiger partial charge in [-0.25, -0.2) is 9.79 Å². The number of ether oxygens (including phenoxy) is 3. The maximum atomic E-state index is 12.7. The van der Waals surface area contributed by atoms with E-state index in [2.05, 4.69) is 17.2 Å². The van der Waals surface area contributed by atoms with Crippen molar-refractivity contribution < 1.29 is 23.8 Å². The molecule has 1 aromatic rings. The number of carbonyl (C=O) groups is 2. The molecule has 2 atom stereocenters. The summed E-state index contributed by atoms with van der Waals surface area (Å²) in [5.41, 5.74) is 1.17. The Kier molecular flexibility index (Phi) is 7.64. The highest BCUT2D eigenvalue weighted by molar-refractivity contribution is 6.08. The number of aliphatic imine (C=N–C) groups is 1. The van der Waals surface area contributed by atoms with Crippen molar-refractivity contribution in [1.29, 1.82) is 0 Å². The molecular weight excluding hydrogens is 348 g/mol. The van der Waals surface area contributed by atoms with Crippen molar-refractivity contribution in [1.82, 2.24) is 5.32 Å². The monoisotopic (exact) mass is 376 g/mol. The Hall–Kier alpha value is -2.57. The van der Waals surface area contributed by atoms with Crippen LogP contribution >= 0.6 is 0 Å². The Balaban J connectivity index is 2.27. The molecule has 2 rings (SSSR count). The highest BCUT2D eigenvalue weighted by atomic mass is 16.5. The zero-order valence-electron chi connectivity index (χ0n) is 16.4. The van der Waals surface area contributed by atoms with E-state index in [1.54, 1.807) is 26.2 Å². The van der Waals surface area contributed by atoms with Gasteiger partial charge < -0.3 is 19.5 Å². The summed E-state index contributed by atoms with van der Waals surface area (Å²) < 4.78 is 16.4. The van der Waals surface area contributed by atoms with Crippen LogP contribution in [0.5, 0.6) is 11.5 Å². The van der Waals surface area contributed by atoms with Crippen LogP contribution in [0.1, 0.15) is 51.6 Å². The number of hydrogen-bond donors (Lipinski definition) is 1. The lowest BCUT2D eigenvalue weighted by atomic mass is 9.88. The Morgan fingerprint density at radius 1 is 1.22 bits per heavy atom. The molecule has 0 aromatic heterocycles. The number of rotatable bonds is 9. The molecule has 0 radical (unpaired) electrons. The Morgan fingerprint density at radius 3 is 2.67 bits per heavy atom. The van der Waals surface area contributed by atoms with Crippen molar-refractivity contribution >= 4 is 17.7 Å². The Morgan fingerprint density at radius 2 is 2.00 bits per heavy atom. The molecular formula is C20H28N2O5.